The largest absolute Gasteiger partial charge is 0.457 e. The number of benzene rings is 2. The lowest BCUT2D eigenvalue weighted by atomic mass is 10.2. The Balaban J connectivity index is 2.02. The molecule has 2 aromatic rings. The van der Waals surface area contributed by atoms with Crippen LogP contribution in [0.15, 0.2) is 46.9 Å². The number of nitrogens with zero attached hydrogens (tertiary/aromatic N) is 1. The van der Waals surface area contributed by atoms with E-state index in [1.54, 1.807) is 0 Å². The number of hydrogen-bond acceptors (Lipinski definition) is 4. The summed E-state index contributed by atoms with van der Waals surface area (Å²) in [4.78, 5) is 21.8. The highest BCUT2D eigenvalue weighted by atomic mass is 79.9. The van der Waals surface area contributed by atoms with Gasteiger partial charge in [0.2, 0.25) is 0 Å². The van der Waals surface area contributed by atoms with Crippen LogP contribution >= 0.6 is 15.9 Å². The van der Waals surface area contributed by atoms with E-state index >= 15 is 0 Å². The second-order valence-electron chi connectivity index (χ2n) is 4.12. The summed E-state index contributed by atoms with van der Waals surface area (Å²) in [6, 6.07) is 9.32. The van der Waals surface area contributed by atoms with Gasteiger partial charge in [-0.1, -0.05) is 0 Å². The lowest BCUT2D eigenvalue weighted by Gasteiger charge is -2.06. The molecule has 0 spiro atoms. The average Bonchev–Trinajstić information content (AvgIpc) is 2.45. The third-order valence-corrected chi connectivity index (χ3v) is 3.32. The third kappa shape index (κ3) is 3.85. The van der Waals surface area contributed by atoms with Gasteiger partial charge in [0, 0.05) is 16.6 Å². The zero-order valence-corrected chi connectivity index (χ0v) is 12.2. The van der Waals surface area contributed by atoms with Crippen molar-refractivity contribution in [1.82, 2.24) is 0 Å². The van der Waals surface area contributed by atoms with E-state index in [4.69, 9.17) is 4.74 Å². The van der Waals surface area contributed by atoms with E-state index in [2.05, 4.69) is 15.9 Å². The molecule has 108 valence electrons. The first-order valence-electron chi connectivity index (χ1n) is 5.83. The van der Waals surface area contributed by atoms with Crippen LogP contribution in [-0.4, -0.2) is 10.9 Å². The van der Waals surface area contributed by atoms with Crippen molar-refractivity contribution in [2.45, 2.75) is 6.61 Å². The molecule has 0 bridgehead atoms. The van der Waals surface area contributed by atoms with Gasteiger partial charge in [0.1, 0.15) is 12.4 Å². The van der Waals surface area contributed by atoms with Gasteiger partial charge in [-0.3, -0.25) is 10.1 Å². The van der Waals surface area contributed by atoms with Crippen LogP contribution in [0.5, 0.6) is 0 Å². The van der Waals surface area contributed by atoms with E-state index in [1.165, 1.54) is 36.4 Å². The van der Waals surface area contributed by atoms with Crippen LogP contribution in [0, 0.1) is 15.9 Å². The van der Waals surface area contributed by atoms with E-state index in [1.807, 2.05) is 0 Å². The molecule has 0 aliphatic carbocycles. The normalized spacial score (nSPS) is 10.2. The molecule has 0 aliphatic heterocycles. The number of carbonyl (C=O) groups excluding carboxylic acids is 1. The number of esters is 1. The number of carbonyl (C=O) groups is 1. The molecule has 21 heavy (non-hydrogen) atoms. The molecule has 0 aromatic heterocycles. The van der Waals surface area contributed by atoms with Crippen molar-refractivity contribution in [1.29, 1.82) is 0 Å². The van der Waals surface area contributed by atoms with Gasteiger partial charge >= 0.3 is 5.97 Å². The van der Waals surface area contributed by atoms with Crippen molar-refractivity contribution < 1.29 is 18.8 Å². The molecule has 0 N–H and O–H groups in total. The van der Waals surface area contributed by atoms with Crippen molar-refractivity contribution in [3.63, 3.8) is 0 Å². The molecule has 0 unspecified atom stereocenters. The fourth-order valence-electron chi connectivity index (χ4n) is 1.60. The maximum absolute atomic E-state index is 12.9. The van der Waals surface area contributed by atoms with Gasteiger partial charge in [0.05, 0.1) is 10.5 Å². The highest BCUT2D eigenvalue weighted by Gasteiger charge is 2.12. The van der Waals surface area contributed by atoms with Gasteiger partial charge in [0.25, 0.3) is 5.69 Å². The van der Waals surface area contributed by atoms with Gasteiger partial charge < -0.3 is 4.74 Å². The Morgan fingerprint density at radius 3 is 2.48 bits per heavy atom. The number of ether oxygens (including phenoxy) is 1. The second-order valence-corrected chi connectivity index (χ2v) is 4.98. The number of rotatable bonds is 4. The molecule has 5 nitrogen and oxygen atoms in total. The van der Waals surface area contributed by atoms with E-state index < -0.39 is 16.7 Å². The van der Waals surface area contributed by atoms with Crippen LogP contribution in [-0.2, 0) is 11.3 Å². The monoisotopic (exact) mass is 353 g/mol. The fraction of sp³-hybridized carbons (Fsp3) is 0.0714. The number of halogens is 2. The minimum absolute atomic E-state index is 0.0271. The van der Waals surface area contributed by atoms with E-state index in [-0.39, 0.29) is 17.9 Å². The molecule has 0 saturated heterocycles. The minimum Gasteiger partial charge on any atom is -0.457 e. The van der Waals surface area contributed by atoms with Gasteiger partial charge in [0.15, 0.2) is 0 Å². The fourth-order valence-corrected chi connectivity index (χ4v) is 2.11. The standard InChI is InChI=1S/C14H9BrFNO4/c15-13-7-10(16)3-6-12(13)14(18)21-8-9-1-4-11(5-2-9)17(19)20/h1-7H,8H2. The molecule has 0 atom stereocenters. The molecule has 0 saturated carbocycles. The van der Waals surface area contributed by atoms with E-state index in [0.717, 1.165) is 6.07 Å². The van der Waals surface area contributed by atoms with Crippen LogP contribution in [0.25, 0.3) is 0 Å². The summed E-state index contributed by atoms with van der Waals surface area (Å²) in [6.07, 6.45) is 0. The van der Waals surface area contributed by atoms with Crippen molar-refractivity contribution in [2.75, 3.05) is 0 Å². The van der Waals surface area contributed by atoms with Gasteiger partial charge in [-0.2, -0.15) is 0 Å². The molecule has 0 amide bonds. The molecule has 2 rings (SSSR count). The van der Waals surface area contributed by atoms with Crippen molar-refractivity contribution in [2.24, 2.45) is 0 Å². The average molecular weight is 354 g/mol. The van der Waals surface area contributed by atoms with Crippen LogP contribution in [0.4, 0.5) is 10.1 Å². The zero-order valence-electron chi connectivity index (χ0n) is 10.6. The molecule has 0 heterocycles. The third-order valence-electron chi connectivity index (χ3n) is 2.67. The number of hydrogen-bond donors (Lipinski definition) is 0. The highest BCUT2D eigenvalue weighted by molar-refractivity contribution is 9.10. The summed E-state index contributed by atoms with van der Waals surface area (Å²) >= 11 is 3.08. The first-order chi connectivity index (χ1) is 9.97. The Kier molecular flexibility index (Phi) is 4.64. The molecule has 0 fully saturated rings. The molecule has 0 radical (unpaired) electrons. The maximum atomic E-state index is 12.9. The van der Waals surface area contributed by atoms with Crippen LogP contribution in [0.3, 0.4) is 0 Å². The summed E-state index contributed by atoms with van der Waals surface area (Å²) in [6.45, 7) is -0.0271. The zero-order chi connectivity index (χ0) is 15.4. The summed E-state index contributed by atoms with van der Waals surface area (Å²) in [5, 5.41) is 10.5. The predicted molar refractivity (Wildman–Crippen MR) is 76.3 cm³/mol. The Morgan fingerprint density at radius 2 is 1.90 bits per heavy atom. The SMILES string of the molecule is O=C(OCc1ccc([N+](=O)[O-])cc1)c1ccc(F)cc1Br. The van der Waals surface area contributed by atoms with Crippen LogP contribution in [0.2, 0.25) is 0 Å². The molecular formula is C14H9BrFNO4. The van der Waals surface area contributed by atoms with E-state index in [9.17, 15) is 19.3 Å². The summed E-state index contributed by atoms with van der Waals surface area (Å²) < 4.78 is 18.3. The number of non-ortho nitro benzene ring substituents is 1. The lowest BCUT2D eigenvalue weighted by molar-refractivity contribution is -0.384. The predicted octanol–water partition coefficient (Wildman–Crippen LogP) is 3.85. The molecular weight excluding hydrogens is 345 g/mol. The Labute approximate surface area is 127 Å². The molecule has 0 aliphatic rings. The Morgan fingerprint density at radius 1 is 1.24 bits per heavy atom. The molecule has 2 aromatic carbocycles. The number of nitro groups is 1. The Bertz CT molecular complexity index is 688. The maximum Gasteiger partial charge on any atom is 0.339 e. The van der Waals surface area contributed by atoms with Crippen LogP contribution < -0.4 is 0 Å². The minimum atomic E-state index is -0.611. The summed E-state index contributed by atoms with van der Waals surface area (Å²) in [5.41, 5.74) is 0.789. The van der Waals surface area contributed by atoms with E-state index in [0.29, 0.717) is 10.0 Å². The highest BCUT2D eigenvalue weighted by Crippen LogP contribution is 2.20. The first-order valence-corrected chi connectivity index (χ1v) is 6.62. The molecule has 7 heteroatoms. The van der Waals surface area contributed by atoms with Crippen LogP contribution in [0.1, 0.15) is 15.9 Å². The number of nitro benzene ring substituents is 1. The smallest absolute Gasteiger partial charge is 0.339 e. The van der Waals surface area contributed by atoms with Gasteiger partial charge in [-0.15, -0.1) is 0 Å². The topological polar surface area (TPSA) is 69.4 Å². The first kappa shape index (κ1) is 15.1. The lowest BCUT2D eigenvalue weighted by Crippen LogP contribution is -2.06. The second kappa shape index (κ2) is 6.45. The van der Waals surface area contributed by atoms with Crippen molar-refractivity contribution in [3.8, 4) is 0 Å². The van der Waals surface area contributed by atoms with Gasteiger partial charge in [-0.25, -0.2) is 9.18 Å². The quantitative estimate of drug-likeness (QED) is 0.475. The van der Waals surface area contributed by atoms with Gasteiger partial charge in [-0.05, 0) is 51.8 Å². The summed E-state index contributed by atoms with van der Waals surface area (Å²) in [7, 11) is 0. The van der Waals surface area contributed by atoms with Crippen molar-refractivity contribution >= 4 is 27.6 Å². The summed E-state index contributed by atoms with van der Waals surface area (Å²) in [5.74, 6) is -1.07. The van der Waals surface area contributed by atoms with Crippen molar-refractivity contribution in [3.05, 3.63) is 74.0 Å². The Hall–Kier alpha value is -2.28.